The highest BCUT2D eigenvalue weighted by Crippen LogP contribution is 2.36. The second-order valence-corrected chi connectivity index (χ2v) is 7.06. The molecule has 1 aromatic carbocycles. The van der Waals surface area contributed by atoms with Crippen LogP contribution in [0.4, 0.5) is 10.1 Å². The van der Waals surface area contributed by atoms with Gasteiger partial charge < -0.3 is 10.0 Å². The first-order valence-corrected chi connectivity index (χ1v) is 8.82. The van der Waals surface area contributed by atoms with Crippen LogP contribution in [0.3, 0.4) is 0 Å². The fraction of sp³-hybridized carbons (Fsp3) is 0.529. The van der Waals surface area contributed by atoms with Crippen LogP contribution in [0.15, 0.2) is 12.1 Å². The first kappa shape index (κ1) is 15.8. The van der Waals surface area contributed by atoms with Gasteiger partial charge in [-0.3, -0.25) is 4.57 Å². The van der Waals surface area contributed by atoms with E-state index < -0.39 is 0 Å². The van der Waals surface area contributed by atoms with Crippen LogP contribution >= 0.6 is 12.2 Å². The topological polar surface area (TPSA) is 46.2 Å². The standard InChI is InChI=1S/C17H21FN4OS/c1-11-7-13(18)8-12-3-2-6-20(16(11)12)10-21-17(24)22(14-4-5-14)15(9-23)19-21/h7-8,14,23H,2-6,9-10H2,1H3. The summed E-state index contributed by atoms with van der Waals surface area (Å²) >= 11 is 5.58. The SMILES string of the molecule is Cc1cc(F)cc2c1N(Cn1nc(CO)n(C3CC3)c1=S)CCC2. The van der Waals surface area contributed by atoms with Crippen molar-refractivity contribution in [3.63, 3.8) is 0 Å². The number of aromatic nitrogens is 3. The van der Waals surface area contributed by atoms with Crippen molar-refractivity contribution in [3.05, 3.63) is 39.7 Å². The Bertz CT molecular complexity index is 840. The van der Waals surface area contributed by atoms with Gasteiger partial charge in [0.05, 0.1) is 0 Å². The number of aryl methyl sites for hydroxylation is 2. The van der Waals surface area contributed by atoms with Gasteiger partial charge in [-0.15, -0.1) is 0 Å². The van der Waals surface area contributed by atoms with Crippen LogP contribution in [0.1, 0.15) is 42.3 Å². The van der Waals surface area contributed by atoms with Crippen LogP contribution in [0.5, 0.6) is 0 Å². The Hall–Kier alpha value is -1.73. The lowest BCUT2D eigenvalue weighted by Gasteiger charge is -2.32. The average molecular weight is 348 g/mol. The number of hydrogen-bond donors (Lipinski definition) is 1. The normalized spacial score (nSPS) is 17.2. The van der Waals surface area contributed by atoms with Crippen molar-refractivity contribution in [2.45, 2.75) is 51.9 Å². The summed E-state index contributed by atoms with van der Waals surface area (Å²) < 4.78 is 18.1. The van der Waals surface area contributed by atoms with Crippen molar-refractivity contribution < 1.29 is 9.50 Å². The molecule has 0 atom stereocenters. The highest BCUT2D eigenvalue weighted by molar-refractivity contribution is 7.71. The molecule has 128 valence electrons. The second kappa shape index (κ2) is 5.97. The van der Waals surface area contributed by atoms with Gasteiger partial charge in [-0.25, -0.2) is 9.07 Å². The third-order valence-electron chi connectivity index (χ3n) is 4.83. The van der Waals surface area contributed by atoms with E-state index in [4.69, 9.17) is 12.2 Å². The van der Waals surface area contributed by atoms with Crippen molar-refractivity contribution in [2.75, 3.05) is 11.4 Å². The molecule has 1 aromatic heterocycles. The predicted octanol–water partition coefficient (Wildman–Crippen LogP) is 3.10. The minimum absolute atomic E-state index is 0.103. The molecule has 5 nitrogen and oxygen atoms in total. The zero-order valence-electron chi connectivity index (χ0n) is 13.7. The number of nitrogens with zero attached hydrogens (tertiary/aromatic N) is 4. The molecule has 4 rings (SSSR count). The van der Waals surface area contributed by atoms with Gasteiger partial charge in [0, 0.05) is 18.3 Å². The van der Waals surface area contributed by atoms with E-state index in [1.807, 2.05) is 11.5 Å². The highest BCUT2D eigenvalue weighted by Gasteiger charge is 2.29. The van der Waals surface area contributed by atoms with Crippen LogP contribution in [-0.4, -0.2) is 26.0 Å². The molecule has 0 radical (unpaired) electrons. The molecule has 2 heterocycles. The Morgan fingerprint density at radius 1 is 1.38 bits per heavy atom. The van der Waals surface area contributed by atoms with Gasteiger partial charge >= 0.3 is 0 Å². The number of halogens is 1. The number of benzene rings is 1. The van der Waals surface area contributed by atoms with Gasteiger partial charge in [0.25, 0.3) is 0 Å². The zero-order chi connectivity index (χ0) is 16.8. The highest BCUT2D eigenvalue weighted by atomic mass is 32.1. The maximum Gasteiger partial charge on any atom is 0.199 e. The van der Waals surface area contributed by atoms with Gasteiger partial charge in [0.2, 0.25) is 0 Å². The molecule has 1 aliphatic heterocycles. The molecule has 2 aromatic rings. The van der Waals surface area contributed by atoms with Crippen LogP contribution in [0.25, 0.3) is 0 Å². The fourth-order valence-corrected chi connectivity index (χ4v) is 4.04. The Kier molecular flexibility index (Phi) is 3.92. The quantitative estimate of drug-likeness (QED) is 0.863. The van der Waals surface area contributed by atoms with Gasteiger partial charge in [0.15, 0.2) is 10.6 Å². The van der Waals surface area contributed by atoms with Crippen LogP contribution in [-0.2, 0) is 19.7 Å². The van der Waals surface area contributed by atoms with Crippen molar-refractivity contribution in [1.82, 2.24) is 14.3 Å². The molecule has 1 saturated carbocycles. The molecule has 0 bridgehead atoms. The molecule has 1 fully saturated rings. The molecule has 1 aliphatic carbocycles. The van der Waals surface area contributed by atoms with Gasteiger partial charge in [-0.1, -0.05) is 0 Å². The van der Waals surface area contributed by atoms with E-state index in [9.17, 15) is 9.50 Å². The maximum atomic E-state index is 13.7. The minimum atomic E-state index is -0.176. The fourth-order valence-electron chi connectivity index (χ4n) is 3.69. The Morgan fingerprint density at radius 3 is 2.88 bits per heavy atom. The first-order chi connectivity index (χ1) is 11.6. The Morgan fingerprint density at radius 2 is 2.17 bits per heavy atom. The summed E-state index contributed by atoms with van der Waals surface area (Å²) in [7, 11) is 0. The summed E-state index contributed by atoms with van der Waals surface area (Å²) in [6.07, 6.45) is 4.07. The van der Waals surface area contributed by atoms with Crippen molar-refractivity contribution in [1.29, 1.82) is 0 Å². The number of aliphatic hydroxyl groups is 1. The number of anilines is 1. The molecule has 0 spiro atoms. The van der Waals surface area contributed by atoms with Crippen molar-refractivity contribution >= 4 is 17.9 Å². The molecule has 2 aliphatic rings. The number of rotatable bonds is 4. The van der Waals surface area contributed by atoms with E-state index in [1.165, 1.54) is 0 Å². The van der Waals surface area contributed by atoms with Crippen LogP contribution in [0, 0.1) is 17.5 Å². The Labute approximate surface area is 145 Å². The summed E-state index contributed by atoms with van der Waals surface area (Å²) in [5.74, 6) is 0.459. The number of fused-ring (bicyclic) bond motifs is 1. The summed E-state index contributed by atoms with van der Waals surface area (Å²) in [4.78, 5) is 2.22. The lowest BCUT2D eigenvalue weighted by atomic mass is 9.98. The predicted molar refractivity (Wildman–Crippen MR) is 92.0 cm³/mol. The van der Waals surface area contributed by atoms with Crippen molar-refractivity contribution in [3.8, 4) is 0 Å². The van der Waals surface area contributed by atoms with Gasteiger partial charge in [0.1, 0.15) is 19.1 Å². The molecule has 0 unspecified atom stereocenters. The lowest BCUT2D eigenvalue weighted by Crippen LogP contribution is -2.32. The minimum Gasteiger partial charge on any atom is -0.388 e. The lowest BCUT2D eigenvalue weighted by molar-refractivity contribution is 0.263. The summed E-state index contributed by atoms with van der Waals surface area (Å²) in [5.41, 5.74) is 3.09. The summed E-state index contributed by atoms with van der Waals surface area (Å²) in [6, 6.07) is 3.60. The molecule has 1 N–H and O–H groups in total. The largest absolute Gasteiger partial charge is 0.388 e. The van der Waals surface area contributed by atoms with Crippen LogP contribution < -0.4 is 4.90 Å². The van der Waals surface area contributed by atoms with E-state index >= 15 is 0 Å². The maximum absolute atomic E-state index is 13.7. The van der Waals surface area contributed by atoms with E-state index in [1.54, 1.807) is 16.8 Å². The van der Waals surface area contributed by atoms with Crippen LogP contribution in [0.2, 0.25) is 0 Å². The van der Waals surface area contributed by atoms with E-state index in [0.717, 1.165) is 49.0 Å². The smallest absolute Gasteiger partial charge is 0.199 e. The molecule has 7 heteroatoms. The monoisotopic (exact) mass is 348 g/mol. The average Bonchev–Trinajstić information content (AvgIpc) is 3.32. The molecule has 24 heavy (non-hydrogen) atoms. The summed E-state index contributed by atoms with van der Waals surface area (Å²) in [6.45, 7) is 3.27. The van der Waals surface area contributed by atoms with Crippen molar-refractivity contribution in [2.24, 2.45) is 0 Å². The Balaban J connectivity index is 1.70. The van der Waals surface area contributed by atoms with E-state index in [-0.39, 0.29) is 12.4 Å². The molecule has 0 amide bonds. The second-order valence-electron chi connectivity index (χ2n) is 6.70. The molecular formula is C17H21FN4OS. The first-order valence-electron chi connectivity index (χ1n) is 8.41. The van der Waals surface area contributed by atoms with E-state index in [0.29, 0.717) is 23.3 Å². The van der Waals surface area contributed by atoms with E-state index in [2.05, 4.69) is 10.00 Å². The van der Waals surface area contributed by atoms with Gasteiger partial charge in [-0.05, 0) is 68.1 Å². The third-order valence-corrected chi connectivity index (χ3v) is 5.24. The molecule has 0 saturated heterocycles. The summed E-state index contributed by atoms with van der Waals surface area (Å²) in [5, 5.41) is 14.1. The zero-order valence-corrected chi connectivity index (χ0v) is 14.5. The third kappa shape index (κ3) is 2.65. The van der Waals surface area contributed by atoms with Gasteiger partial charge in [-0.2, -0.15) is 5.10 Å². The molecular weight excluding hydrogens is 327 g/mol. The number of hydrogen-bond acceptors (Lipinski definition) is 4. The number of aliphatic hydroxyl groups excluding tert-OH is 1.